The summed E-state index contributed by atoms with van der Waals surface area (Å²) in [6, 6.07) is 15.6. The molecule has 1 aliphatic rings. The Labute approximate surface area is 171 Å². The van der Waals surface area contributed by atoms with Crippen molar-refractivity contribution in [3.05, 3.63) is 65.2 Å². The SMILES string of the molecule is COc1ccc(N2CCN(CCNC(=O)/C=C/c3ccccc3Cl)CC2)cc1. The van der Waals surface area contributed by atoms with Crippen molar-refractivity contribution in [1.82, 2.24) is 10.2 Å². The van der Waals surface area contributed by atoms with E-state index in [2.05, 4.69) is 27.2 Å². The van der Waals surface area contributed by atoms with Gasteiger partial charge in [-0.2, -0.15) is 0 Å². The number of amides is 1. The molecule has 1 saturated heterocycles. The number of rotatable bonds is 7. The van der Waals surface area contributed by atoms with Crippen LogP contribution in [0, 0.1) is 0 Å². The first-order valence-electron chi connectivity index (χ1n) is 9.47. The predicted molar refractivity (Wildman–Crippen MR) is 115 cm³/mol. The molecule has 3 rings (SSSR count). The van der Waals surface area contributed by atoms with Gasteiger partial charge in [0.05, 0.1) is 7.11 Å². The highest BCUT2D eigenvalue weighted by molar-refractivity contribution is 6.32. The topological polar surface area (TPSA) is 44.8 Å². The lowest BCUT2D eigenvalue weighted by Crippen LogP contribution is -2.48. The van der Waals surface area contributed by atoms with E-state index in [1.165, 1.54) is 11.8 Å². The van der Waals surface area contributed by atoms with Crippen LogP contribution in [0.25, 0.3) is 6.08 Å². The maximum atomic E-state index is 12.0. The number of nitrogens with one attached hydrogen (secondary N) is 1. The van der Waals surface area contributed by atoms with E-state index < -0.39 is 0 Å². The van der Waals surface area contributed by atoms with Crippen molar-refractivity contribution in [1.29, 1.82) is 0 Å². The van der Waals surface area contributed by atoms with E-state index in [9.17, 15) is 4.79 Å². The highest BCUT2D eigenvalue weighted by Crippen LogP contribution is 2.20. The first kappa shape index (κ1) is 20.2. The minimum Gasteiger partial charge on any atom is -0.497 e. The number of benzene rings is 2. The lowest BCUT2D eigenvalue weighted by atomic mass is 10.2. The molecule has 28 heavy (non-hydrogen) atoms. The van der Waals surface area contributed by atoms with Gasteiger partial charge in [0.25, 0.3) is 0 Å². The van der Waals surface area contributed by atoms with Crippen LogP contribution in [0.3, 0.4) is 0 Å². The Morgan fingerprint density at radius 2 is 1.82 bits per heavy atom. The number of halogens is 1. The van der Waals surface area contributed by atoms with Crippen LogP contribution in [0.2, 0.25) is 5.02 Å². The molecule has 0 radical (unpaired) electrons. The molecule has 0 bridgehead atoms. The highest BCUT2D eigenvalue weighted by atomic mass is 35.5. The van der Waals surface area contributed by atoms with Gasteiger partial charge in [-0.05, 0) is 42.0 Å². The average Bonchev–Trinajstić information content (AvgIpc) is 2.74. The molecule has 1 heterocycles. The van der Waals surface area contributed by atoms with Gasteiger partial charge >= 0.3 is 0 Å². The Morgan fingerprint density at radius 3 is 2.50 bits per heavy atom. The molecular weight excluding hydrogens is 374 g/mol. The van der Waals surface area contributed by atoms with Crippen LogP contribution < -0.4 is 15.0 Å². The minimum atomic E-state index is -0.100. The smallest absolute Gasteiger partial charge is 0.244 e. The largest absolute Gasteiger partial charge is 0.497 e. The molecule has 2 aromatic rings. The third kappa shape index (κ3) is 5.75. The number of hydrogen-bond acceptors (Lipinski definition) is 4. The van der Waals surface area contributed by atoms with E-state index in [0.29, 0.717) is 11.6 Å². The molecule has 0 unspecified atom stereocenters. The number of carbonyl (C=O) groups is 1. The molecular formula is C22H26ClN3O2. The second kappa shape index (κ2) is 10.2. The zero-order chi connectivity index (χ0) is 19.8. The van der Waals surface area contributed by atoms with Crippen LogP contribution in [0.15, 0.2) is 54.6 Å². The molecule has 1 amide bonds. The summed E-state index contributed by atoms with van der Waals surface area (Å²) in [6.45, 7) is 5.41. The van der Waals surface area contributed by atoms with Crippen molar-refractivity contribution in [2.75, 3.05) is 51.3 Å². The quantitative estimate of drug-likeness (QED) is 0.725. The molecule has 0 aliphatic carbocycles. The Morgan fingerprint density at radius 1 is 1.11 bits per heavy atom. The Bertz CT molecular complexity index is 800. The first-order chi connectivity index (χ1) is 13.7. The standard InChI is InChI=1S/C22H26ClN3O2/c1-28-20-9-7-19(8-10-20)26-16-14-25(15-17-26)13-12-24-22(27)11-6-18-4-2-3-5-21(18)23/h2-11H,12-17H2,1H3,(H,24,27)/b11-6+. The fraction of sp³-hybridized carbons (Fsp3) is 0.318. The van der Waals surface area contributed by atoms with Crippen molar-refractivity contribution in [2.45, 2.75) is 0 Å². The maximum Gasteiger partial charge on any atom is 0.244 e. The van der Waals surface area contributed by atoms with Gasteiger partial charge in [-0.15, -0.1) is 0 Å². The second-order valence-electron chi connectivity index (χ2n) is 6.67. The second-order valence-corrected chi connectivity index (χ2v) is 7.08. The van der Waals surface area contributed by atoms with Gasteiger partial charge in [0.1, 0.15) is 5.75 Å². The molecule has 2 aromatic carbocycles. The molecule has 1 N–H and O–H groups in total. The normalized spacial score (nSPS) is 15.0. The summed E-state index contributed by atoms with van der Waals surface area (Å²) in [7, 11) is 1.68. The monoisotopic (exact) mass is 399 g/mol. The molecule has 1 fully saturated rings. The molecule has 5 nitrogen and oxygen atoms in total. The molecule has 0 spiro atoms. The summed E-state index contributed by atoms with van der Waals surface area (Å²) in [5, 5.41) is 3.58. The Hall–Kier alpha value is -2.50. The van der Waals surface area contributed by atoms with Crippen LogP contribution in [-0.4, -0.2) is 57.2 Å². The highest BCUT2D eigenvalue weighted by Gasteiger charge is 2.16. The van der Waals surface area contributed by atoms with Gasteiger partial charge < -0.3 is 15.0 Å². The predicted octanol–water partition coefficient (Wildman–Crippen LogP) is 3.30. The number of methoxy groups -OCH3 is 1. The first-order valence-corrected chi connectivity index (χ1v) is 9.85. The molecule has 1 aliphatic heterocycles. The van der Waals surface area contributed by atoms with Crippen LogP contribution in [-0.2, 0) is 4.79 Å². The summed E-state index contributed by atoms with van der Waals surface area (Å²) in [6.07, 6.45) is 3.27. The van der Waals surface area contributed by atoms with Crippen LogP contribution in [0.4, 0.5) is 5.69 Å². The van der Waals surface area contributed by atoms with Gasteiger partial charge in [0.15, 0.2) is 0 Å². The molecule has 0 atom stereocenters. The Kier molecular flexibility index (Phi) is 7.34. The molecule has 0 aromatic heterocycles. The number of piperazine rings is 1. The number of anilines is 1. The van der Waals surface area contributed by atoms with Gasteiger partial charge in [0, 0.05) is 56.1 Å². The fourth-order valence-electron chi connectivity index (χ4n) is 3.19. The number of ether oxygens (including phenoxy) is 1. The van der Waals surface area contributed by atoms with Crippen LogP contribution >= 0.6 is 11.6 Å². The van der Waals surface area contributed by atoms with E-state index in [4.69, 9.17) is 16.3 Å². The maximum absolute atomic E-state index is 12.0. The van der Waals surface area contributed by atoms with Crippen molar-refractivity contribution < 1.29 is 9.53 Å². The molecule has 148 valence electrons. The van der Waals surface area contributed by atoms with Crippen LogP contribution in [0.1, 0.15) is 5.56 Å². The van der Waals surface area contributed by atoms with Gasteiger partial charge in [-0.3, -0.25) is 9.69 Å². The zero-order valence-electron chi connectivity index (χ0n) is 16.1. The number of nitrogens with zero attached hydrogens (tertiary/aromatic N) is 2. The summed E-state index contributed by atoms with van der Waals surface area (Å²) in [4.78, 5) is 16.7. The summed E-state index contributed by atoms with van der Waals surface area (Å²) in [5.74, 6) is 0.776. The number of carbonyl (C=O) groups excluding carboxylic acids is 1. The summed E-state index contributed by atoms with van der Waals surface area (Å²) < 4.78 is 5.21. The van der Waals surface area contributed by atoms with Crippen molar-refractivity contribution in [3.8, 4) is 5.75 Å². The zero-order valence-corrected chi connectivity index (χ0v) is 16.9. The third-order valence-electron chi connectivity index (χ3n) is 4.86. The average molecular weight is 400 g/mol. The molecule has 0 saturated carbocycles. The Balaban J connectivity index is 1.37. The van der Waals surface area contributed by atoms with E-state index in [1.54, 1.807) is 13.2 Å². The van der Waals surface area contributed by atoms with Crippen molar-refractivity contribution in [3.63, 3.8) is 0 Å². The fourth-order valence-corrected chi connectivity index (χ4v) is 3.39. The lowest BCUT2D eigenvalue weighted by molar-refractivity contribution is -0.116. The third-order valence-corrected chi connectivity index (χ3v) is 5.20. The van der Waals surface area contributed by atoms with Gasteiger partial charge in [0.2, 0.25) is 5.91 Å². The van der Waals surface area contributed by atoms with E-state index in [0.717, 1.165) is 44.0 Å². The van der Waals surface area contributed by atoms with Crippen molar-refractivity contribution in [2.24, 2.45) is 0 Å². The lowest BCUT2D eigenvalue weighted by Gasteiger charge is -2.36. The molecule has 6 heteroatoms. The summed E-state index contributed by atoms with van der Waals surface area (Å²) in [5.41, 5.74) is 2.06. The van der Waals surface area contributed by atoms with Gasteiger partial charge in [-0.25, -0.2) is 0 Å². The van der Waals surface area contributed by atoms with E-state index in [1.807, 2.05) is 36.4 Å². The number of hydrogen-bond donors (Lipinski definition) is 1. The summed E-state index contributed by atoms with van der Waals surface area (Å²) >= 11 is 6.08. The van der Waals surface area contributed by atoms with E-state index in [-0.39, 0.29) is 5.91 Å². The van der Waals surface area contributed by atoms with E-state index >= 15 is 0 Å². The van der Waals surface area contributed by atoms with Crippen LogP contribution in [0.5, 0.6) is 5.75 Å². The minimum absolute atomic E-state index is 0.100. The van der Waals surface area contributed by atoms with Gasteiger partial charge in [-0.1, -0.05) is 29.8 Å². The van der Waals surface area contributed by atoms with Crippen molar-refractivity contribution >= 4 is 29.3 Å².